The van der Waals surface area contributed by atoms with Crippen LogP contribution in [0, 0.1) is 5.92 Å². The number of primary amides is 1. The van der Waals surface area contributed by atoms with E-state index >= 15 is 0 Å². The molecule has 2 fully saturated rings. The predicted molar refractivity (Wildman–Crippen MR) is 126 cm³/mol. The summed E-state index contributed by atoms with van der Waals surface area (Å²) in [6.07, 6.45) is 2.97. The van der Waals surface area contributed by atoms with Gasteiger partial charge in [-0.15, -0.1) is 0 Å². The third kappa shape index (κ3) is 6.75. The summed E-state index contributed by atoms with van der Waals surface area (Å²) < 4.78 is 5.26. The fourth-order valence-corrected chi connectivity index (χ4v) is 4.37. The average Bonchev–Trinajstić information content (AvgIpc) is 2.81. The minimum Gasteiger partial charge on any atom is -0.497 e. The highest BCUT2D eigenvalue weighted by Gasteiger charge is 2.23. The van der Waals surface area contributed by atoms with Gasteiger partial charge in [-0.25, -0.2) is 0 Å². The summed E-state index contributed by atoms with van der Waals surface area (Å²) in [5, 5.41) is 3.45. The summed E-state index contributed by atoms with van der Waals surface area (Å²) in [5.74, 6) is 1.74. The van der Waals surface area contributed by atoms with Crippen molar-refractivity contribution >= 4 is 17.6 Å². The molecule has 0 aliphatic carbocycles. The molecule has 3 rings (SSSR count). The number of amides is 1. The van der Waals surface area contributed by atoms with Crippen molar-refractivity contribution in [3.63, 3.8) is 0 Å². The van der Waals surface area contributed by atoms with Crippen LogP contribution in [0.15, 0.2) is 29.3 Å². The molecule has 0 spiro atoms. The quantitative estimate of drug-likeness (QED) is 0.368. The van der Waals surface area contributed by atoms with Crippen molar-refractivity contribution in [3.05, 3.63) is 24.3 Å². The van der Waals surface area contributed by atoms with Crippen molar-refractivity contribution < 1.29 is 9.53 Å². The van der Waals surface area contributed by atoms with E-state index in [0.29, 0.717) is 0 Å². The van der Waals surface area contributed by atoms with Gasteiger partial charge in [-0.3, -0.25) is 9.79 Å². The Morgan fingerprint density at radius 1 is 1.19 bits per heavy atom. The Morgan fingerprint density at radius 3 is 2.58 bits per heavy atom. The first-order valence-electron chi connectivity index (χ1n) is 11.5. The Hall–Kier alpha value is -2.48. The highest BCUT2D eigenvalue weighted by atomic mass is 16.5. The summed E-state index contributed by atoms with van der Waals surface area (Å²) in [7, 11) is 1.69. The van der Waals surface area contributed by atoms with Crippen molar-refractivity contribution in [3.8, 4) is 5.75 Å². The molecule has 1 aromatic carbocycles. The highest BCUT2D eigenvalue weighted by molar-refractivity contribution is 5.80. The van der Waals surface area contributed by atoms with Crippen LogP contribution in [0.25, 0.3) is 0 Å². The molecular weight excluding hydrogens is 392 g/mol. The number of carbonyl (C=O) groups is 1. The Bertz CT molecular complexity index is 715. The number of carbonyl (C=O) groups excluding carboxylic acids is 1. The Morgan fingerprint density at radius 2 is 1.94 bits per heavy atom. The summed E-state index contributed by atoms with van der Waals surface area (Å²) in [4.78, 5) is 23.5. The molecule has 0 radical (unpaired) electrons. The molecule has 1 amide bonds. The number of hydrogen-bond acceptors (Lipinski definition) is 5. The molecule has 3 N–H and O–H groups in total. The molecule has 2 aliphatic heterocycles. The minimum atomic E-state index is -0.161. The van der Waals surface area contributed by atoms with Crippen LogP contribution in [-0.4, -0.2) is 87.7 Å². The Labute approximate surface area is 186 Å². The normalized spacial score (nSPS) is 20.6. The van der Waals surface area contributed by atoms with Gasteiger partial charge in [-0.2, -0.15) is 0 Å². The van der Waals surface area contributed by atoms with Crippen LogP contribution < -0.4 is 20.7 Å². The van der Waals surface area contributed by atoms with Gasteiger partial charge in [-0.05, 0) is 63.5 Å². The number of nitrogens with zero attached hydrogens (tertiary/aromatic N) is 4. The van der Waals surface area contributed by atoms with Crippen LogP contribution in [0.2, 0.25) is 0 Å². The van der Waals surface area contributed by atoms with Gasteiger partial charge in [0.25, 0.3) is 0 Å². The van der Waals surface area contributed by atoms with E-state index in [1.54, 1.807) is 7.11 Å². The lowest BCUT2D eigenvalue weighted by Crippen LogP contribution is -2.52. The second-order valence-corrected chi connectivity index (χ2v) is 8.30. The first kappa shape index (κ1) is 23.2. The number of piperidine rings is 1. The third-order valence-corrected chi connectivity index (χ3v) is 6.15. The molecule has 2 saturated heterocycles. The maximum atomic E-state index is 11.5. The number of piperazine rings is 1. The van der Waals surface area contributed by atoms with E-state index in [1.807, 2.05) is 12.1 Å². The molecule has 0 saturated carbocycles. The van der Waals surface area contributed by atoms with Crippen LogP contribution in [0.4, 0.5) is 5.69 Å². The number of rotatable bonds is 8. The molecule has 172 valence electrons. The highest BCUT2D eigenvalue weighted by Crippen LogP contribution is 2.20. The smallest absolute Gasteiger partial charge is 0.221 e. The predicted octanol–water partition coefficient (Wildman–Crippen LogP) is 1.37. The zero-order valence-electron chi connectivity index (χ0n) is 19.1. The lowest BCUT2D eigenvalue weighted by atomic mass is 9.97. The van der Waals surface area contributed by atoms with Crippen LogP contribution in [0.3, 0.4) is 0 Å². The summed E-state index contributed by atoms with van der Waals surface area (Å²) in [6.45, 7) is 10.4. The molecule has 31 heavy (non-hydrogen) atoms. The third-order valence-electron chi connectivity index (χ3n) is 6.15. The van der Waals surface area contributed by atoms with Crippen LogP contribution >= 0.6 is 0 Å². The van der Waals surface area contributed by atoms with Crippen molar-refractivity contribution in [2.45, 2.75) is 26.2 Å². The summed E-state index contributed by atoms with van der Waals surface area (Å²) >= 11 is 0. The van der Waals surface area contributed by atoms with Gasteiger partial charge in [0, 0.05) is 51.5 Å². The SMILES string of the molecule is CCNC(=NCCCN1CCCC(C(N)=O)C1)N1CCN(c2ccc(OC)cc2)CC1. The molecule has 1 atom stereocenters. The Balaban J connectivity index is 1.45. The summed E-state index contributed by atoms with van der Waals surface area (Å²) in [5.41, 5.74) is 6.72. The van der Waals surface area contributed by atoms with Crippen molar-refractivity contribution in [2.75, 3.05) is 70.9 Å². The zero-order valence-corrected chi connectivity index (χ0v) is 19.1. The second kappa shape index (κ2) is 11.8. The monoisotopic (exact) mass is 430 g/mol. The number of benzene rings is 1. The van der Waals surface area contributed by atoms with Crippen molar-refractivity contribution in [1.82, 2.24) is 15.1 Å². The van der Waals surface area contributed by atoms with E-state index in [2.05, 4.69) is 39.1 Å². The van der Waals surface area contributed by atoms with Crippen molar-refractivity contribution in [2.24, 2.45) is 16.6 Å². The topological polar surface area (TPSA) is 86.4 Å². The maximum Gasteiger partial charge on any atom is 0.221 e. The second-order valence-electron chi connectivity index (χ2n) is 8.30. The number of hydrogen-bond donors (Lipinski definition) is 2. The van der Waals surface area contributed by atoms with Gasteiger partial charge in [0.1, 0.15) is 5.75 Å². The molecule has 1 aromatic rings. The molecule has 1 unspecified atom stereocenters. The molecule has 2 aliphatic rings. The van der Waals surface area contributed by atoms with Gasteiger partial charge in [0.2, 0.25) is 5.91 Å². The largest absolute Gasteiger partial charge is 0.497 e. The van der Waals surface area contributed by atoms with Crippen LogP contribution in [0.1, 0.15) is 26.2 Å². The first-order chi connectivity index (χ1) is 15.1. The molecule has 8 nitrogen and oxygen atoms in total. The number of guanidine groups is 1. The fourth-order valence-electron chi connectivity index (χ4n) is 4.37. The van der Waals surface area contributed by atoms with Crippen LogP contribution in [0.5, 0.6) is 5.75 Å². The van der Waals surface area contributed by atoms with Gasteiger partial charge >= 0.3 is 0 Å². The molecule has 0 aromatic heterocycles. The first-order valence-corrected chi connectivity index (χ1v) is 11.5. The van der Waals surface area contributed by atoms with Crippen molar-refractivity contribution in [1.29, 1.82) is 0 Å². The van der Waals surface area contributed by atoms with E-state index in [9.17, 15) is 4.79 Å². The van der Waals surface area contributed by atoms with E-state index in [1.165, 1.54) is 5.69 Å². The lowest BCUT2D eigenvalue weighted by molar-refractivity contribution is -0.123. The maximum absolute atomic E-state index is 11.5. The van der Waals surface area contributed by atoms with Gasteiger partial charge in [0.05, 0.1) is 13.0 Å². The molecular formula is C23H38N6O2. The lowest BCUT2D eigenvalue weighted by Gasteiger charge is -2.37. The number of nitrogens with two attached hydrogens (primary N) is 1. The average molecular weight is 431 g/mol. The summed E-state index contributed by atoms with van der Waals surface area (Å²) in [6, 6.07) is 8.27. The standard InChI is InChI=1S/C23H38N6O2/c1-3-25-23(26-11-5-13-27-12-4-6-19(18-27)22(24)30)29-16-14-28(15-17-29)20-7-9-21(31-2)10-8-20/h7-10,19H,3-6,11-18H2,1-2H3,(H2,24,30)(H,25,26). The molecule has 0 bridgehead atoms. The number of aliphatic imine (C=N–C) groups is 1. The number of likely N-dealkylation sites (tertiary alicyclic amines) is 1. The molecule has 8 heteroatoms. The number of ether oxygens (including phenoxy) is 1. The van der Waals surface area contributed by atoms with E-state index in [0.717, 1.165) is 89.9 Å². The number of anilines is 1. The van der Waals surface area contributed by atoms with Gasteiger partial charge in [0.15, 0.2) is 5.96 Å². The number of nitrogens with one attached hydrogen (secondary N) is 1. The van der Waals surface area contributed by atoms with E-state index in [-0.39, 0.29) is 11.8 Å². The Kier molecular flexibility index (Phi) is 8.82. The fraction of sp³-hybridized carbons (Fsp3) is 0.652. The minimum absolute atomic E-state index is 0.0107. The van der Waals surface area contributed by atoms with Gasteiger partial charge < -0.3 is 30.5 Å². The van der Waals surface area contributed by atoms with E-state index < -0.39 is 0 Å². The number of methoxy groups -OCH3 is 1. The zero-order chi connectivity index (χ0) is 22.1. The van der Waals surface area contributed by atoms with Crippen LogP contribution in [-0.2, 0) is 4.79 Å². The van der Waals surface area contributed by atoms with E-state index in [4.69, 9.17) is 15.5 Å². The van der Waals surface area contributed by atoms with Gasteiger partial charge in [-0.1, -0.05) is 0 Å². The molecule has 2 heterocycles.